The third-order valence-electron chi connectivity index (χ3n) is 2.30. The Kier molecular flexibility index (Phi) is 3.55. The summed E-state index contributed by atoms with van der Waals surface area (Å²) in [4.78, 5) is 11.5. The number of ether oxygens (including phenoxy) is 2. The normalized spacial score (nSPS) is 18.6. The van der Waals surface area contributed by atoms with E-state index in [0.717, 1.165) is 0 Å². The summed E-state index contributed by atoms with van der Waals surface area (Å²) in [6.45, 7) is 2.76. The lowest BCUT2D eigenvalue weighted by atomic mass is 10.2. The zero-order chi connectivity index (χ0) is 12.1. The zero-order valence-electron chi connectivity index (χ0n) is 9.51. The van der Waals surface area contributed by atoms with Crippen molar-refractivity contribution < 1.29 is 18.7 Å². The quantitative estimate of drug-likeness (QED) is 0.624. The highest BCUT2D eigenvalue weighted by Crippen LogP contribution is 2.21. The molecule has 0 aliphatic carbocycles. The Morgan fingerprint density at radius 1 is 1.59 bits per heavy atom. The Balaban J connectivity index is 1.78. The highest BCUT2D eigenvalue weighted by atomic mass is 16.7. The Morgan fingerprint density at radius 2 is 2.35 bits per heavy atom. The molecule has 0 spiro atoms. The van der Waals surface area contributed by atoms with E-state index in [-0.39, 0.29) is 12.3 Å². The molecule has 2 rings (SSSR count). The first-order chi connectivity index (χ1) is 8.18. The third kappa shape index (κ3) is 3.40. The molecule has 1 aromatic heterocycles. The molecule has 0 aromatic carbocycles. The number of rotatable bonds is 4. The van der Waals surface area contributed by atoms with Crippen LogP contribution in [-0.4, -0.2) is 31.1 Å². The maximum Gasteiger partial charge on any atom is 0.245 e. The van der Waals surface area contributed by atoms with Gasteiger partial charge >= 0.3 is 0 Å². The standard InChI is InChI=1S/C11H14N2O4/c1-11(16-5-6-17-11)7-10(14)13-12-8-9-3-2-4-15-9/h2-4,8H,5-7H2,1H3,(H,13,14)/b12-8-. The van der Waals surface area contributed by atoms with E-state index in [4.69, 9.17) is 13.9 Å². The minimum Gasteiger partial charge on any atom is -0.463 e. The van der Waals surface area contributed by atoms with E-state index in [1.807, 2.05) is 0 Å². The highest BCUT2D eigenvalue weighted by Gasteiger charge is 2.33. The molecule has 0 radical (unpaired) electrons. The van der Waals surface area contributed by atoms with E-state index >= 15 is 0 Å². The van der Waals surface area contributed by atoms with Crippen LogP contribution in [0, 0.1) is 0 Å². The second-order valence-electron chi connectivity index (χ2n) is 3.82. The van der Waals surface area contributed by atoms with Gasteiger partial charge in [-0.1, -0.05) is 0 Å². The average molecular weight is 238 g/mol. The molecule has 6 nitrogen and oxygen atoms in total. The molecule has 1 saturated heterocycles. The Bertz CT molecular complexity index is 394. The van der Waals surface area contributed by atoms with Crippen molar-refractivity contribution in [2.45, 2.75) is 19.1 Å². The minimum absolute atomic E-state index is 0.114. The fraction of sp³-hybridized carbons (Fsp3) is 0.455. The summed E-state index contributed by atoms with van der Waals surface area (Å²) in [5.74, 6) is -0.522. The fourth-order valence-electron chi connectivity index (χ4n) is 1.52. The topological polar surface area (TPSA) is 73.1 Å². The summed E-state index contributed by atoms with van der Waals surface area (Å²) in [6, 6.07) is 3.48. The number of hydrogen-bond donors (Lipinski definition) is 1. The first kappa shape index (κ1) is 11.8. The second-order valence-corrected chi connectivity index (χ2v) is 3.82. The van der Waals surface area contributed by atoms with E-state index < -0.39 is 5.79 Å². The van der Waals surface area contributed by atoms with Gasteiger partial charge in [0.2, 0.25) is 5.91 Å². The molecular weight excluding hydrogens is 224 g/mol. The van der Waals surface area contributed by atoms with Gasteiger partial charge in [0.25, 0.3) is 0 Å². The van der Waals surface area contributed by atoms with Crippen molar-refractivity contribution in [3.63, 3.8) is 0 Å². The predicted octanol–water partition coefficient (Wildman–Crippen LogP) is 0.883. The molecule has 92 valence electrons. The van der Waals surface area contributed by atoms with E-state index in [1.54, 1.807) is 19.1 Å². The molecule has 1 fully saturated rings. The monoisotopic (exact) mass is 238 g/mol. The van der Waals surface area contributed by atoms with E-state index in [2.05, 4.69) is 10.5 Å². The highest BCUT2D eigenvalue weighted by molar-refractivity contribution is 5.80. The lowest BCUT2D eigenvalue weighted by Gasteiger charge is -2.20. The van der Waals surface area contributed by atoms with Gasteiger partial charge in [-0.3, -0.25) is 4.79 Å². The van der Waals surface area contributed by atoms with Crippen molar-refractivity contribution in [1.29, 1.82) is 0 Å². The Labute approximate surface area is 98.6 Å². The van der Waals surface area contributed by atoms with Gasteiger partial charge in [0.15, 0.2) is 5.79 Å². The lowest BCUT2D eigenvalue weighted by Crippen LogP contribution is -2.33. The van der Waals surface area contributed by atoms with Gasteiger partial charge < -0.3 is 13.9 Å². The number of carbonyl (C=O) groups is 1. The number of hydrazone groups is 1. The summed E-state index contributed by atoms with van der Waals surface area (Å²) in [7, 11) is 0. The van der Waals surface area contributed by atoms with Gasteiger partial charge in [-0.25, -0.2) is 5.43 Å². The van der Waals surface area contributed by atoms with Crippen LogP contribution in [-0.2, 0) is 14.3 Å². The van der Waals surface area contributed by atoms with Crippen LogP contribution in [0.1, 0.15) is 19.1 Å². The number of furan rings is 1. The molecule has 1 amide bonds. The molecule has 17 heavy (non-hydrogen) atoms. The first-order valence-corrected chi connectivity index (χ1v) is 5.31. The van der Waals surface area contributed by atoms with Crippen molar-refractivity contribution in [3.05, 3.63) is 24.2 Å². The second kappa shape index (κ2) is 5.11. The van der Waals surface area contributed by atoms with Crippen LogP contribution in [0.3, 0.4) is 0 Å². The summed E-state index contributed by atoms with van der Waals surface area (Å²) in [5, 5.41) is 3.76. The van der Waals surface area contributed by atoms with Gasteiger partial charge in [-0.05, 0) is 19.1 Å². The number of nitrogens with one attached hydrogen (secondary N) is 1. The van der Waals surface area contributed by atoms with Gasteiger partial charge in [-0.2, -0.15) is 5.10 Å². The third-order valence-corrected chi connectivity index (χ3v) is 2.30. The Hall–Kier alpha value is -1.66. The van der Waals surface area contributed by atoms with Crippen molar-refractivity contribution in [2.24, 2.45) is 5.10 Å². The smallest absolute Gasteiger partial charge is 0.245 e. The largest absolute Gasteiger partial charge is 0.463 e. The minimum atomic E-state index is -0.829. The molecule has 1 aliphatic heterocycles. The number of hydrogen-bond acceptors (Lipinski definition) is 5. The summed E-state index contributed by atoms with van der Waals surface area (Å²) in [6.07, 6.45) is 3.07. The molecule has 0 saturated carbocycles. The van der Waals surface area contributed by atoms with Crippen LogP contribution in [0.5, 0.6) is 0 Å². The van der Waals surface area contributed by atoms with E-state index in [1.165, 1.54) is 12.5 Å². The van der Waals surface area contributed by atoms with Crippen LogP contribution < -0.4 is 5.43 Å². The molecular formula is C11H14N2O4. The van der Waals surface area contributed by atoms with Crippen molar-refractivity contribution in [1.82, 2.24) is 5.43 Å². The summed E-state index contributed by atoms with van der Waals surface area (Å²) < 4.78 is 15.6. The van der Waals surface area contributed by atoms with Crippen LogP contribution in [0.2, 0.25) is 0 Å². The summed E-state index contributed by atoms with van der Waals surface area (Å²) >= 11 is 0. The van der Waals surface area contributed by atoms with Crippen LogP contribution in [0.25, 0.3) is 0 Å². The maximum atomic E-state index is 11.5. The molecule has 1 aliphatic rings. The molecule has 1 N–H and O–H groups in total. The molecule has 0 bridgehead atoms. The van der Waals surface area contributed by atoms with Crippen molar-refractivity contribution in [2.75, 3.05) is 13.2 Å². The SMILES string of the molecule is CC1(CC(=O)N/N=C\c2ccco2)OCCO1. The number of nitrogens with zero attached hydrogens (tertiary/aromatic N) is 1. The fourth-order valence-corrected chi connectivity index (χ4v) is 1.52. The average Bonchev–Trinajstić information content (AvgIpc) is 2.90. The zero-order valence-corrected chi connectivity index (χ0v) is 9.51. The first-order valence-electron chi connectivity index (χ1n) is 5.31. The van der Waals surface area contributed by atoms with E-state index in [0.29, 0.717) is 19.0 Å². The van der Waals surface area contributed by atoms with Crippen molar-refractivity contribution in [3.8, 4) is 0 Å². The van der Waals surface area contributed by atoms with Crippen molar-refractivity contribution >= 4 is 12.1 Å². The van der Waals surface area contributed by atoms with Crippen LogP contribution in [0.4, 0.5) is 0 Å². The van der Waals surface area contributed by atoms with Gasteiger partial charge in [0, 0.05) is 0 Å². The van der Waals surface area contributed by atoms with Gasteiger partial charge in [0.05, 0.1) is 32.1 Å². The molecule has 0 unspecified atom stereocenters. The lowest BCUT2D eigenvalue weighted by molar-refractivity contribution is -0.159. The maximum absolute atomic E-state index is 11.5. The molecule has 0 atom stereocenters. The molecule has 1 aromatic rings. The van der Waals surface area contributed by atoms with Gasteiger partial charge in [0.1, 0.15) is 5.76 Å². The van der Waals surface area contributed by atoms with Crippen LogP contribution in [0.15, 0.2) is 27.9 Å². The van der Waals surface area contributed by atoms with Gasteiger partial charge in [-0.15, -0.1) is 0 Å². The predicted molar refractivity (Wildman–Crippen MR) is 59.4 cm³/mol. The van der Waals surface area contributed by atoms with Crippen LogP contribution >= 0.6 is 0 Å². The molecule has 6 heteroatoms. The number of carbonyl (C=O) groups excluding carboxylic acids is 1. The Morgan fingerprint density at radius 3 is 3.00 bits per heavy atom. The number of amides is 1. The van der Waals surface area contributed by atoms with E-state index in [9.17, 15) is 4.79 Å². The molecule has 2 heterocycles. The summed E-state index contributed by atoms with van der Waals surface area (Å²) in [5.41, 5.74) is 2.38.